The van der Waals surface area contributed by atoms with Crippen molar-refractivity contribution in [2.45, 2.75) is 6.17 Å². The largest absolute Gasteiger partial charge is 0.371 e. The van der Waals surface area contributed by atoms with Crippen molar-refractivity contribution in [3.63, 3.8) is 0 Å². The minimum Gasteiger partial charge on any atom is -0.371 e. The van der Waals surface area contributed by atoms with Gasteiger partial charge in [0.05, 0.1) is 13.2 Å². The molecule has 5 heteroatoms. The van der Waals surface area contributed by atoms with Crippen molar-refractivity contribution in [1.82, 2.24) is 5.32 Å². The van der Waals surface area contributed by atoms with Crippen LogP contribution in [0.3, 0.4) is 0 Å². The molecule has 0 amide bonds. The maximum absolute atomic E-state index is 10.00. The fraction of sp³-hybridized carbons (Fsp3) is 0.750. The zero-order valence-electron chi connectivity index (χ0n) is 4.74. The number of nitrogens with one attached hydrogen (secondary N) is 1. The molecule has 0 aliphatic carbocycles. The van der Waals surface area contributed by atoms with Gasteiger partial charge in [0.1, 0.15) is 6.61 Å². The number of nitrogens with zero attached hydrogens (tertiary/aromatic N) is 1. The van der Waals surface area contributed by atoms with Gasteiger partial charge in [0, 0.05) is 4.92 Å². The number of ether oxygens (including phenoxy) is 1. The Balaban J connectivity index is 2.31. The van der Waals surface area contributed by atoms with Crippen LogP contribution < -0.4 is 5.32 Å². The van der Waals surface area contributed by atoms with Gasteiger partial charge in [-0.2, -0.15) is 0 Å². The highest BCUT2D eigenvalue weighted by atomic mass is 16.6. The fourth-order valence-electron chi connectivity index (χ4n) is 0.593. The first-order chi connectivity index (χ1) is 4.30. The molecule has 1 N–H and O–H groups in total. The molecule has 1 saturated heterocycles. The molecule has 1 aliphatic rings. The van der Waals surface area contributed by atoms with Crippen molar-refractivity contribution in [2.75, 3.05) is 13.2 Å². The standard InChI is InChI=1S/C4H7N2O3/c7-6(8)4-3-9-2-1-5-4/h1,4-5H,2-3H2. The van der Waals surface area contributed by atoms with Crippen LogP contribution in [0.5, 0.6) is 0 Å². The summed E-state index contributed by atoms with van der Waals surface area (Å²) in [6.45, 7) is 2.14. The first-order valence-corrected chi connectivity index (χ1v) is 2.59. The van der Waals surface area contributed by atoms with E-state index >= 15 is 0 Å². The van der Waals surface area contributed by atoms with Crippen molar-refractivity contribution >= 4 is 0 Å². The Morgan fingerprint density at radius 2 is 2.67 bits per heavy atom. The summed E-state index contributed by atoms with van der Waals surface area (Å²) in [7, 11) is 0. The van der Waals surface area contributed by atoms with Crippen LogP contribution in [0.15, 0.2) is 0 Å². The van der Waals surface area contributed by atoms with Gasteiger partial charge < -0.3 is 4.74 Å². The maximum atomic E-state index is 10.00. The van der Waals surface area contributed by atoms with E-state index in [-0.39, 0.29) is 6.61 Å². The second-order valence-electron chi connectivity index (χ2n) is 1.71. The molecule has 1 heterocycles. The van der Waals surface area contributed by atoms with E-state index < -0.39 is 11.1 Å². The molecule has 1 unspecified atom stereocenters. The molecular weight excluding hydrogens is 124 g/mol. The molecule has 0 aromatic heterocycles. The molecule has 0 bridgehead atoms. The van der Waals surface area contributed by atoms with E-state index in [1.807, 2.05) is 0 Å². The van der Waals surface area contributed by atoms with Crippen molar-refractivity contribution in [1.29, 1.82) is 0 Å². The molecule has 51 valence electrons. The highest BCUT2D eigenvalue weighted by Crippen LogP contribution is 1.94. The molecule has 5 nitrogen and oxygen atoms in total. The van der Waals surface area contributed by atoms with Gasteiger partial charge in [-0.1, -0.05) is 0 Å². The second-order valence-corrected chi connectivity index (χ2v) is 1.71. The van der Waals surface area contributed by atoms with Gasteiger partial charge in [-0.3, -0.25) is 10.1 Å². The van der Waals surface area contributed by atoms with Crippen LogP contribution in [0, 0.1) is 16.7 Å². The van der Waals surface area contributed by atoms with Crippen LogP contribution in [-0.2, 0) is 4.74 Å². The zero-order chi connectivity index (χ0) is 6.69. The minimum absolute atomic E-state index is 0.156. The molecular formula is C4H7N2O3. The minimum atomic E-state index is -0.751. The number of hydrogen-bond acceptors (Lipinski definition) is 4. The maximum Gasteiger partial charge on any atom is 0.289 e. The topological polar surface area (TPSA) is 64.4 Å². The molecule has 1 aliphatic heterocycles. The van der Waals surface area contributed by atoms with E-state index in [0.717, 1.165) is 0 Å². The smallest absolute Gasteiger partial charge is 0.289 e. The van der Waals surface area contributed by atoms with Crippen molar-refractivity contribution in [3.8, 4) is 0 Å². The fourth-order valence-corrected chi connectivity index (χ4v) is 0.593. The predicted octanol–water partition coefficient (Wildman–Crippen LogP) is -0.629. The van der Waals surface area contributed by atoms with Gasteiger partial charge in [0.25, 0.3) is 6.17 Å². The van der Waals surface area contributed by atoms with E-state index in [0.29, 0.717) is 6.61 Å². The average Bonchev–Trinajstić information content (AvgIpc) is 1.90. The Bertz CT molecular complexity index is 110. The lowest BCUT2D eigenvalue weighted by Crippen LogP contribution is -2.43. The Morgan fingerprint density at radius 3 is 3.00 bits per heavy atom. The predicted molar refractivity (Wildman–Crippen MR) is 29.0 cm³/mol. The van der Waals surface area contributed by atoms with Crippen LogP contribution in [-0.4, -0.2) is 24.3 Å². The average molecular weight is 131 g/mol. The summed E-state index contributed by atoms with van der Waals surface area (Å²) in [5.74, 6) is 0. The van der Waals surface area contributed by atoms with Crippen LogP contribution >= 0.6 is 0 Å². The van der Waals surface area contributed by atoms with Gasteiger partial charge >= 0.3 is 0 Å². The zero-order valence-corrected chi connectivity index (χ0v) is 4.74. The monoisotopic (exact) mass is 131 g/mol. The normalized spacial score (nSPS) is 27.8. The molecule has 0 aromatic carbocycles. The summed E-state index contributed by atoms with van der Waals surface area (Å²) in [6.07, 6.45) is -0.751. The number of hydrogen-bond donors (Lipinski definition) is 1. The summed E-state index contributed by atoms with van der Waals surface area (Å²) in [5.41, 5.74) is 0. The Kier molecular flexibility index (Phi) is 1.96. The van der Waals surface area contributed by atoms with Crippen molar-refractivity contribution in [3.05, 3.63) is 16.7 Å². The van der Waals surface area contributed by atoms with Gasteiger partial charge in [-0.25, -0.2) is 5.32 Å². The molecule has 9 heavy (non-hydrogen) atoms. The van der Waals surface area contributed by atoms with E-state index in [4.69, 9.17) is 4.74 Å². The Hall–Kier alpha value is -0.680. The third-order valence-corrected chi connectivity index (χ3v) is 1.04. The first-order valence-electron chi connectivity index (χ1n) is 2.59. The molecule has 0 spiro atoms. The van der Waals surface area contributed by atoms with Gasteiger partial charge in [0.2, 0.25) is 0 Å². The number of nitro groups is 1. The van der Waals surface area contributed by atoms with Gasteiger partial charge in [-0.05, 0) is 0 Å². The highest BCUT2D eigenvalue weighted by Gasteiger charge is 2.22. The van der Waals surface area contributed by atoms with Crippen molar-refractivity contribution < 1.29 is 9.66 Å². The second kappa shape index (κ2) is 2.75. The van der Waals surface area contributed by atoms with E-state index in [1.165, 1.54) is 6.54 Å². The van der Waals surface area contributed by atoms with Crippen LogP contribution in [0.25, 0.3) is 0 Å². The lowest BCUT2D eigenvalue weighted by Gasteiger charge is -2.15. The third kappa shape index (κ3) is 1.62. The number of rotatable bonds is 1. The van der Waals surface area contributed by atoms with Crippen LogP contribution in [0.4, 0.5) is 0 Å². The lowest BCUT2D eigenvalue weighted by molar-refractivity contribution is -0.535. The molecule has 1 atom stereocenters. The first kappa shape index (κ1) is 6.44. The quantitative estimate of drug-likeness (QED) is 0.380. The van der Waals surface area contributed by atoms with Crippen LogP contribution in [0.2, 0.25) is 0 Å². The molecule has 1 rings (SSSR count). The van der Waals surface area contributed by atoms with Crippen molar-refractivity contribution in [2.24, 2.45) is 0 Å². The molecule has 1 fully saturated rings. The Labute approximate surface area is 52.1 Å². The lowest BCUT2D eigenvalue weighted by atomic mass is 10.4. The number of morpholine rings is 1. The van der Waals surface area contributed by atoms with E-state index in [1.54, 1.807) is 0 Å². The van der Waals surface area contributed by atoms with Gasteiger partial charge in [0.15, 0.2) is 0 Å². The molecule has 1 radical (unpaired) electrons. The van der Waals surface area contributed by atoms with Crippen LogP contribution in [0.1, 0.15) is 0 Å². The molecule has 0 saturated carbocycles. The summed E-state index contributed by atoms with van der Waals surface area (Å²) >= 11 is 0. The summed E-state index contributed by atoms with van der Waals surface area (Å²) in [4.78, 5) is 9.59. The Morgan fingerprint density at radius 1 is 1.89 bits per heavy atom. The van der Waals surface area contributed by atoms with E-state index in [9.17, 15) is 10.1 Å². The highest BCUT2D eigenvalue weighted by molar-refractivity contribution is 4.68. The van der Waals surface area contributed by atoms with E-state index in [2.05, 4.69) is 5.32 Å². The van der Waals surface area contributed by atoms with Gasteiger partial charge in [-0.15, -0.1) is 0 Å². The third-order valence-electron chi connectivity index (χ3n) is 1.04. The summed E-state index contributed by atoms with van der Waals surface area (Å²) in [6, 6.07) is 0. The summed E-state index contributed by atoms with van der Waals surface area (Å²) < 4.78 is 4.78. The molecule has 0 aromatic rings. The summed E-state index contributed by atoms with van der Waals surface area (Å²) in [5, 5.41) is 12.6. The SMILES string of the molecule is O=[N+]([O-])C1COC[CH]N1.